The van der Waals surface area contributed by atoms with Gasteiger partial charge in [0.2, 0.25) is 0 Å². The molecule has 12 nitrogen and oxygen atoms in total. The van der Waals surface area contributed by atoms with Crippen LogP contribution >= 0.6 is 11.8 Å². The summed E-state index contributed by atoms with van der Waals surface area (Å²) >= 11 is 1.69. The number of aliphatic hydroxyl groups is 1. The molecule has 3 aromatic rings. The number of nitrogens with one attached hydrogen (secondary N) is 3. The lowest BCUT2D eigenvalue weighted by Gasteiger charge is -2.36. The second-order valence-electron chi connectivity index (χ2n) is 11.8. The molecule has 51 heavy (non-hydrogen) atoms. The molecular formula is C37H51FN8O4S. The Kier molecular flexibility index (Phi) is 17.5. The topological polar surface area (TPSA) is 171 Å². The molecule has 2 aliphatic heterocycles. The summed E-state index contributed by atoms with van der Waals surface area (Å²) in [6, 6.07) is 11.7. The minimum absolute atomic E-state index is 0.0295. The van der Waals surface area contributed by atoms with Crippen molar-refractivity contribution < 1.29 is 23.8 Å². The van der Waals surface area contributed by atoms with Crippen LogP contribution in [0.5, 0.6) is 0 Å². The molecule has 0 radical (unpaired) electrons. The van der Waals surface area contributed by atoms with E-state index < -0.39 is 5.82 Å². The minimum atomic E-state index is -0.469. The van der Waals surface area contributed by atoms with Gasteiger partial charge in [-0.15, -0.1) is 0 Å². The Morgan fingerprint density at radius 3 is 2.55 bits per heavy atom. The van der Waals surface area contributed by atoms with E-state index in [1.807, 2.05) is 59.9 Å². The molecule has 2 aliphatic rings. The lowest BCUT2D eigenvalue weighted by molar-refractivity contribution is 0.0656. The summed E-state index contributed by atoms with van der Waals surface area (Å²) in [4.78, 5) is 32.8. The highest BCUT2D eigenvalue weighted by atomic mass is 32.2. The number of nitrogens with two attached hydrogens (primary N) is 1. The number of imidazole rings is 1. The highest BCUT2D eigenvalue weighted by molar-refractivity contribution is 7.98. The number of nitrogens with zero attached hydrogens (tertiary/aromatic N) is 4. The number of halogens is 1. The number of hydrogen-bond donors (Lipinski definition) is 5. The fourth-order valence-electron chi connectivity index (χ4n) is 5.48. The molecule has 1 unspecified atom stereocenters. The number of thioether (sulfide) groups is 1. The predicted molar refractivity (Wildman–Crippen MR) is 200 cm³/mol. The van der Waals surface area contributed by atoms with E-state index in [1.165, 1.54) is 6.07 Å². The van der Waals surface area contributed by atoms with Crippen LogP contribution in [0, 0.1) is 23.1 Å². The zero-order valence-corrected chi connectivity index (χ0v) is 30.8. The molecule has 6 N–H and O–H groups in total. The average molecular weight is 723 g/mol. The Morgan fingerprint density at radius 1 is 1.22 bits per heavy atom. The van der Waals surface area contributed by atoms with E-state index >= 15 is 0 Å². The number of carbonyl (C=O) groups is 2. The fourth-order valence-corrected chi connectivity index (χ4v) is 5.84. The maximum absolute atomic E-state index is 14.3. The normalized spacial score (nSPS) is 15.4. The summed E-state index contributed by atoms with van der Waals surface area (Å²) in [5.41, 5.74) is 7.60. The van der Waals surface area contributed by atoms with Crippen LogP contribution in [-0.4, -0.2) is 89.4 Å². The fraction of sp³-hybridized carbons (Fsp3) is 0.459. The lowest BCUT2D eigenvalue weighted by atomic mass is 9.88. The van der Waals surface area contributed by atoms with Crippen molar-refractivity contribution in [2.75, 3.05) is 52.0 Å². The predicted octanol–water partition coefficient (Wildman–Crippen LogP) is 4.11. The molecule has 1 aromatic heterocycles. The average Bonchev–Trinajstić information content (AvgIpc) is 3.54. The zero-order chi connectivity index (χ0) is 37.2. The number of likely N-dealkylation sites (tertiary alicyclic amines) is 1. The van der Waals surface area contributed by atoms with Crippen molar-refractivity contribution in [2.45, 2.75) is 52.3 Å². The number of aliphatic hydroxyl groups excluding tert-OH is 1. The monoisotopic (exact) mass is 722 g/mol. The van der Waals surface area contributed by atoms with Gasteiger partial charge in [0.25, 0.3) is 11.8 Å². The van der Waals surface area contributed by atoms with Crippen LogP contribution in [-0.2, 0) is 17.9 Å². The van der Waals surface area contributed by atoms with Crippen LogP contribution in [0.3, 0.4) is 0 Å². The van der Waals surface area contributed by atoms with Crippen LogP contribution in [0.2, 0.25) is 0 Å². The number of carbonyl (C=O) groups excluding carboxylic acids is 2. The third-order valence-corrected chi connectivity index (χ3v) is 8.85. The molecule has 5 rings (SSSR count). The van der Waals surface area contributed by atoms with Gasteiger partial charge in [-0.1, -0.05) is 25.1 Å². The number of allylic oxidation sites excluding steroid dienone is 2. The molecule has 1 atom stereocenters. The molecule has 0 spiro atoms. The Hall–Kier alpha value is -4.42. The first kappa shape index (κ1) is 41.0. The van der Waals surface area contributed by atoms with Gasteiger partial charge in [0.15, 0.2) is 11.7 Å². The van der Waals surface area contributed by atoms with E-state index in [9.17, 15) is 14.0 Å². The Balaban J connectivity index is 0.000000795. The van der Waals surface area contributed by atoms with Crippen molar-refractivity contribution in [3.05, 3.63) is 88.8 Å². The van der Waals surface area contributed by atoms with E-state index in [0.29, 0.717) is 67.8 Å². The van der Waals surface area contributed by atoms with E-state index in [4.69, 9.17) is 25.8 Å². The van der Waals surface area contributed by atoms with Crippen LogP contribution in [0.25, 0.3) is 11.0 Å². The molecule has 1 saturated heterocycles. The van der Waals surface area contributed by atoms with Crippen molar-refractivity contribution in [1.82, 2.24) is 30.4 Å². The van der Waals surface area contributed by atoms with Crippen molar-refractivity contribution in [1.29, 1.82) is 5.26 Å². The van der Waals surface area contributed by atoms with Gasteiger partial charge in [0.05, 0.1) is 28.7 Å². The van der Waals surface area contributed by atoms with Crippen LogP contribution in [0.15, 0.2) is 60.5 Å². The summed E-state index contributed by atoms with van der Waals surface area (Å²) in [6.07, 6.45) is 10.3. The molecule has 0 aliphatic carbocycles. The summed E-state index contributed by atoms with van der Waals surface area (Å²) < 4.78 is 22.1. The molecule has 0 bridgehead atoms. The first-order valence-corrected chi connectivity index (χ1v) is 18.6. The van der Waals surface area contributed by atoms with Gasteiger partial charge in [-0.25, -0.2) is 9.37 Å². The van der Waals surface area contributed by atoms with Crippen LogP contribution < -0.4 is 21.7 Å². The number of amides is 2. The summed E-state index contributed by atoms with van der Waals surface area (Å²) in [5, 5.41) is 25.8. The quantitative estimate of drug-likeness (QED) is 0.172. The number of piperidine rings is 1. The lowest BCUT2D eigenvalue weighted by Crippen LogP contribution is -2.45. The van der Waals surface area contributed by atoms with Gasteiger partial charge in [-0.3, -0.25) is 9.59 Å². The zero-order valence-electron chi connectivity index (χ0n) is 30.0. The van der Waals surface area contributed by atoms with Crippen molar-refractivity contribution in [2.24, 2.45) is 11.7 Å². The Morgan fingerprint density at radius 2 is 1.94 bits per heavy atom. The van der Waals surface area contributed by atoms with Crippen molar-refractivity contribution in [3.63, 3.8) is 0 Å². The Bertz CT molecular complexity index is 1670. The van der Waals surface area contributed by atoms with E-state index in [-0.39, 0.29) is 35.9 Å². The number of hydrogen-bond acceptors (Lipinski definition) is 10. The third-order valence-electron chi connectivity index (χ3n) is 8.26. The number of dihydropyridines is 1. The molecule has 1 fully saturated rings. The summed E-state index contributed by atoms with van der Waals surface area (Å²) in [5.74, 6) is 1.35. The second kappa shape index (κ2) is 21.7. The molecule has 276 valence electrons. The van der Waals surface area contributed by atoms with Gasteiger partial charge in [-0.2, -0.15) is 17.0 Å². The number of ether oxygens (including phenoxy) is 1. The van der Waals surface area contributed by atoms with Gasteiger partial charge < -0.3 is 41.0 Å². The first-order valence-electron chi connectivity index (χ1n) is 17.2. The number of nitriles is 1. The molecular weight excluding hydrogens is 672 g/mol. The molecule has 2 aromatic carbocycles. The number of rotatable bonds is 12. The largest absolute Gasteiger partial charge is 0.474 e. The maximum Gasteiger partial charge on any atom is 0.289 e. The SMILES string of the molecule is CCCO.CCNC(=O)c1ccc2nc(C(=O)N3CCC(C4C=CC=C(OCc5ccc(C#N)cc5F)N4)CC3)n(CCSC)c2c1.CNCN. The number of aryl methyl sites for hydroxylation is 1. The molecule has 0 saturated carbocycles. The summed E-state index contributed by atoms with van der Waals surface area (Å²) in [6.45, 7) is 7.10. The maximum atomic E-state index is 14.3. The number of fused-ring (bicyclic) bond motifs is 1. The van der Waals surface area contributed by atoms with Crippen molar-refractivity contribution in [3.8, 4) is 6.07 Å². The summed E-state index contributed by atoms with van der Waals surface area (Å²) in [7, 11) is 1.81. The van der Waals surface area contributed by atoms with Crippen molar-refractivity contribution >= 4 is 34.6 Å². The molecule has 14 heteroatoms. The first-order chi connectivity index (χ1) is 24.7. The minimum Gasteiger partial charge on any atom is -0.474 e. The van der Waals surface area contributed by atoms with Gasteiger partial charge in [-0.05, 0) is 81.8 Å². The van der Waals surface area contributed by atoms with E-state index in [1.54, 1.807) is 37.0 Å². The van der Waals surface area contributed by atoms with Gasteiger partial charge in [0, 0.05) is 56.3 Å². The highest BCUT2D eigenvalue weighted by Crippen LogP contribution is 2.27. The van der Waals surface area contributed by atoms with Gasteiger partial charge >= 0.3 is 0 Å². The standard InChI is InChI=1S/C32H35FN6O3S.C3H8O.C2H8N2/c1-3-35-31(40)23-9-10-27-28(18-23)39(15-16-43-2)30(37-27)32(41)38-13-11-22(12-14-38)26-5-4-6-29(36-26)42-20-24-8-7-21(19-34)17-25(24)33;1-2-3-4;1-4-2-3/h4-10,17-18,22,26,36H,3,11-16,20H2,1-2H3,(H,35,40);2*4H,2-3H2,1H3. The third kappa shape index (κ3) is 11.8. The number of benzene rings is 2. The second-order valence-corrected chi connectivity index (χ2v) is 12.8. The number of aromatic nitrogens is 2. The van der Waals surface area contributed by atoms with Gasteiger partial charge in [0.1, 0.15) is 12.4 Å². The van der Waals surface area contributed by atoms with Crippen LogP contribution in [0.1, 0.15) is 65.2 Å². The highest BCUT2D eigenvalue weighted by Gasteiger charge is 2.31. The van der Waals surface area contributed by atoms with E-state index in [0.717, 1.165) is 30.5 Å². The smallest absolute Gasteiger partial charge is 0.289 e. The molecule has 2 amide bonds. The van der Waals surface area contributed by atoms with Crippen LogP contribution in [0.4, 0.5) is 4.39 Å². The van der Waals surface area contributed by atoms with E-state index in [2.05, 4.69) is 22.0 Å². The molecule has 3 heterocycles. The Labute approximate surface area is 304 Å².